The second kappa shape index (κ2) is 5.57. The number of fused-ring (bicyclic) bond motifs is 1. The Balaban J connectivity index is 1.62. The smallest absolute Gasteiger partial charge is 0.317 e. The number of aromatic amines is 1. The van der Waals surface area contributed by atoms with E-state index in [0.717, 1.165) is 32.4 Å². The molecule has 4 heteroatoms. The van der Waals surface area contributed by atoms with E-state index in [2.05, 4.69) is 35.4 Å². The molecule has 0 unspecified atom stereocenters. The van der Waals surface area contributed by atoms with Crippen LogP contribution >= 0.6 is 0 Å². The molecule has 0 spiro atoms. The lowest BCUT2D eigenvalue weighted by Gasteiger charge is -2.16. The number of carbonyl (C=O) groups excluding carboxylic acids is 1. The van der Waals surface area contributed by atoms with Gasteiger partial charge in [-0.3, -0.25) is 0 Å². The van der Waals surface area contributed by atoms with E-state index in [1.807, 2.05) is 11.0 Å². The molecule has 1 aliphatic rings. The quantitative estimate of drug-likeness (QED) is 0.886. The first-order chi connectivity index (χ1) is 9.75. The number of benzene rings is 1. The molecule has 0 atom stereocenters. The predicted octanol–water partition coefficient (Wildman–Crippen LogP) is 2.82. The van der Waals surface area contributed by atoms with E-state index in [0.29, 0.717) is 6.54 Å². The van der Waals surface area contributed by atoms with Gasteiger partial charge < -0.3 is 15.2 Å². The van der Waals surface area contributed by atoms with Gasteiger partial charge in [0.2, 0.25) is 0 Å². The molecule has 1 saturated heterocycles. The molecule has 3 rings (SSSR count). The number of nitrogens with zero attached hydrogens (tertiary/aromatic N) is 1. The van der Waals surface area contributed by atoms with E-state index in [9.17, 15) is 4.79 Å². The van der Waals surface area contributed by atoms with E-state index < -0.39 is 0 Å². The molecule has 4 nitrogen and oxygen atoms in total. The highest BCUT2D eigenvalue weighted by Gasteiger charge is 2.17. The third kappa shape index (κ3) is 2.50. The van der Waals surface area contributed by atoms with Crippen LogP contribution in [-0.4, -0.2) is 35.5 Å². The molecular weight excluding hydrogens is 250 g/mol. The van der Waals surface area contributed by atoms with Crippen LogP contribution in [0.5, 0.6) is 0 Å². The zero-order valence-electron chi connectivity index (χ0n) is 11.9. The summed E-state index contributed by atoms with van der Waals surface area (Å²) in [5.41, 5.74) is 3.68. The molecule has 2 heterocycles. The topological polar surface area (TPSA) is 48.1 Å². The molecule has 106 valence electrons. The van der Waals surface area contributed by atoms with Crippen LogP contribution in [0.15, 0.2) is 24.3 Å². The van der Waals surface area contributed by atoms with Gasteiger partial charge in [-0.2, -0.15) is 0 Å². The minimum absolute atomic E-state index is 0.0833. The highest BCUT2D eigenvalue weighted by molar-refractivity contribution is 5.84. The normalized spacial score (nSPS) is 14.9. The lowest BCUT2D eigenvalue weighted by atomic mass is 10.1. The van der Waals surface area contributed by atoms with Crippen molar-refractivity contribution in [2.24, 2.45) is 0 Å². The van der Waals surface area contributed by atoms with E-state index in [4.69, 9.17) is 0 Å². The summed E-state index contributed by atoms with van der Waals surface area (Å²) in [7, 11) is 0. The SMILES string of the molecule is Cc1[nH]c2ccccc2c1CCNC(=O)N1CCCC1. The van der Waals surface area contributed by atoms with E-state index in [-0.39, 0.29) is 6.03 Å². The summed E-state index contributed by atoms with van der Waals surface area (Å²) in [4.78, 5) is 17.2. The van der Waals surface area contributed by atoms with Gasteiger partial charge in [0.05, 0.1) is 0 Å². The Morgan fingerprint density at radius 1 is 1.30 bits per heavy atom. The Bertz CT molecular complexity index is 611. The first-order valence-electron chi connectivity index (χ1n) is 7.34. The van der Waals surface area contributed by atoms with Gasteiger partial charge in [0.25, 0.3) is 0 Å². The Kier molecular flexibility index (Phi) is 3.63. The van der Waals surface area contributed by atoms with Gasteiger partial charge in [0.1, 0.15) is 0 Å². The zero-order chi connectivity index (χ0) is 13.9. The second-order valence-corrected chi connectivity index (χ2v) is 5.45. The van der Waals surface area contributed by atoms with Crippen molar-refractivity contribution in [3.8, 4) is 0 Å². The Morgan fingerprint density at radius 3 is 2.85 bits per heavy atom. The number of carbonyl (C=O) groups is 1. The van der Waals surface area contributed by atoms with Crippen molar-refractivity contribution in [3.05, 3.63) is 35.5 Å². The number of hydrogen-bond acceptors (Lipinski definition) is 1. The van der Waals surface area contributed by atoms with Crippen LogP contribution in [0.2, 0.25) is 0 Å². The van der Waals surface area contributed by atoms with Crippen molar-refractivity contribution in [2.45, 2.75) is 26.2 Å². The maximum Gasteiger partial charge on any atom is 0.317 e. The number of aryl methyl sites for hydroxylation is 1. The predicted molar refractivity (Wildman–Crippen MR) is 80.9 cm³/mol. The summed E-state index contributed by atoms with van der Waals surface area (Å²) in [6, 6.07) is 8.41. The highest BCUT2D eigenvalue weighted by Crippen LogP contribution is 2.21. The van der Waals surface area contributed by atoms with Crippen LogP contribution in [0, 0.1) is 6.92 Å². The molecule has 2 aromatic rings. The van der Waals surface area contributed by atoms with Gasteiger partial charge in [-0.05, 0) is 37.8 Å². The van der Waals surface area contributed by atoms with Gasteiger partial charge in [-0.15, -0.1) is 0 Å². The van der Waals surface area contributed by atoms with Crippen LogP contribution < -0.4 is 5.32 Å². The zero-order valence-corrected chi connectivity index (χ0v) is 11.9. The van der Waals surface area contributed by atoms with Crippen molar-refractivity contribution in [1.29, 1.82) is 0 Å². The molecule has 20 heavy (non-hydrogen) atoms. The van der Waals surface area contributed by atoms with Gasteiger partial charge in [0, 0.05) is 36.2 Å². The summed E-state index contributed by atoms with van der Waals surface area (Å²) in [5, 5.41) is 4.29. The first-order valence-corrected chi connectivity index (χ1v) is 7.34. The number of nitrogens with one attached hydrogen (secondary N) is 2. The van der Waals surface area contributed by atoms with E-state index in [1.165, 1.54) is 22.2 Å². The summed E-state index contributed by atoms with van der Waals surface area (Å²) in [6.45, 7) is 4.59. The fraction of sp³-hybridized carbons (Fsp3) is 0.438. The fourth-order valence-corrected chi connectivity index (χ4v) is 2.98. The third-order valence-corrected chi connectivity index (χ3v) is 4.07. The number of amides is 2. The minimum Gasteiger partial charge on any atom is -0.358 e. The number of aromatic nitrogens is 1. The average Bonchev–Trinajstić information content (AvgIpc) is 3.07. The van der Waals surface area contributed by atoms with Crippen molar-refractivity contribution in [3.63, 3.8) is 0 Å². The molecule has 0 radical (unpaired) electrons. The monoisotopic (exact) mass is 271 g/mol. The van der Waals surface area contributed by atoms with Gasteiger partial charge >= 0.3 is 6.03 Å². The highest BCUT2D eigenvalue weighted by atomic mass is 16.2. The number of likely N-dealkylation sites (tertiary alicyclic amines) is 1. The molecule has 1 aliphatic heterocycles. The summed E-state index contributed by atoms with van der Waals surface area (Å²) in [5.74, 6) is 0. The molecule has 0 bridgehead atoms. The van der Waals surface area contributed by atoms with Gasteiger partial charge in [-0.1, -0.05) is 18.2 Å². The van der Waals surface area contributed by atoms with Crippen molar-refractivity contribution >= 4 is 16.9 Å². The number of hydrogen-bond donors (Lipinski definition) is 2. The Morgan fingerprint density at radius 2 is 2.05 bits per heavy atom. The van der Waals surface area contributed by atoms with Gasteiger partial charge in [0.15, 0.2) is 0 Å². The number of urea groups is 1. The molecule has 1 fully saturated rings. The Labute approximate surface area is 119 Å². The third-order valence-electron chi connectivity index (χ3n) is 4.07. The summed E-state index contributed by atoms with van der Waals surface area (Å²) < 4.78 is 0. The van der Waals surface area contributed by atoms with Crippen LogP contribution in [0.4, 0.5) is 4.79 Å². The summed E-state index contributed by atoms with van der Waals surface area (Å²) >= 11 is 0. The minimum atomic E-state index is 0.0833. The second-order valence-electron chi connectivity index (χ2n) is 5.45. The van der Waals surface area contributed by atoms with Crippen LogP contribution in [0.1, 0.15) is 24.1 Å². The molecular formula is C16H21N3O. The maximum absolute atomic E-state index is 11.9. The fourth-order valence-electron chi connectivity index (χ4n) is 2.98. The number of H-pyrrole nitrogens is 1. The van der Waals surface area contributed by atoms with Crippen LogP contribution in [0.3, 0.4) is 0 Å². The van der Waals surface area contributed by atoms with E-state index >= 15 is 0 Å². The maximum atomic E-state index is 11.9. The standard InChI is InChI=1S/C16H21N3O/c1-12-13(14-6-2-3-7-15(14)18-12)8-9-17-16(20)19-10-4-5-11-19/h2-3,6-7,18H,4-5,8-11H2,1H3,(H,17,20). The lowest BCUT2D eigenvalue weighted by molar-refractivity contribution is 0.209. The van der Waals surface area contributed by atoms with Crippen molar-refractivity contribution in [2.75, 3.05) is 19.6 Å². The Hall–Kier alpha value is -1.97. The summed E-state index contributed by atoms with van der Waals surface area (Å²) in [6.07, 6.45) is 3.14. The molecule has 0 saturated carbocycles. The van der Waals surface area contributed by atoms with Gasteiger partial charge in [-0.25, -0.2) is 4.79 Å². The largest absolute Gasteiger partial charge is 0.358 e. The number of rotatable bonds is 3. The van der Waals surface area contributed by atoms with Crippen molar-refractivity contribution in [1.82, 2.24) is 15.2 Å². The van der Waals surface area contributed by atoms with Crippen LogP contribution in [0.25, 0.3) is 10.9 Å². The van der Waals surface area contributed by atoms with Crippen molar-refractivity contribution < 1.29 is 4.79 Å². The average molecular weight is 271 g/mol. The lowest BCUT2D eigenvalue weighted by Crippen LogP contribution is -2.38. The molecule has 1 aromatic carbocycles. The molecule has 2 N–H and O–H groups in total. The molecule has 1 aromatic heterocycles. The molecule has 2 amide bonds. The number of para-hydroxylation sites is 1. The van der Waals surface area contributed by atoms with E-state index in [1.54, 1.807) is 0 Å². The van der Waals surface area contributed by atoms with Crippen LogP contribution in [-0.2, 0) is 6.42 Å². The first kappa shape index (κ1) is 13.0. The molecule has 0 aliphatic carbocycles.